The van der Waals surface area contributed by atoms with Crippen LogP contribution in [0.3, 0.4) is 0 Å². The molecule has 0 saturated heterocycles. The van der Waals surface area contributed by atoms with E-state index in [4.69, 9.17) is 0 Å². The molecule has 0 saturated carbocycles. The Balaban J connectivity index is 2.00. The summed E-state index contributed by atoms with van der Waals surface area (Å²) >= 11 is -0.935. The first-order valence-corrected chi connectivity index (χ1v) is 19.1. The first kappa shape index (κ1) is 38.6. The van der Waals surface area contributed by atoms with Crippen LogP contribution in [0.2, 0.25) is 0 Å². The van der Waals surface area contributed by atoms with Crippen LogP contribution in [0, 0.1) is 0 Å². The molecule has 0 heterocycles. The van der Waals surface area contributed by atoms with Gasteiger partial charge in [-0.15, -0.1) is 0 Å². The molecule has 0 aliphatic carbocycles. The summed E-state index contributed by atoms with van der Waals surface area (Å²) in [6, 6.07) is 30.2. The zero-order valence-corrected chi connectivity index (χ0v) is 33.8. The van der Waals surface area contributed by atoms with Gasteiger partial charge >= 0.3 is 307 Å². The van der Waals surface area contributed by atoms with Crippen molar-refractivity contribution in [3.05, 3.63) is 129 Å². The molecule has 0 amide bonds. The van der Waals surface area contributed by atoms with Crippen LogP contribution in [0.25, 0.3) is 0 Å². The predicted molar refractivity (Wildman–Crippen MR) is 199 cm³/mol. The van der Waals surface area contributed by atoms with Gasteiger partial charge in [0, 0.05) is 0 Å². The molecule has 0 aliphatic rings. The molecule has 0 spiro atoms. The van der Waals surface area contributed by atoms with E-state index in [1.54, 1.807) is 0 Å². The van der Waals surface area contributed by atoms with E-state index < -0.39 is 18.8 Å². The van der Waals surface area contributed by atoms with Crippen molar-refractivity contribution >= 4 is 0 Å². The van der Waals surface area contributed by atoms with Gasteiger partial charge in [-0.25, -0.2) is 0 Å². The van der Waals surface area contributed by atoms with Gasteiger partial charge in [-0.2, -0.15) is 0 Å². The van der Waals surface area contributed by atoms with Gasteiger partial charge in [0.2, 0.25) is 0 Å². The average molecular weight is 697 g/mol. The summed E-state index contributed by atoms with van der Waals surface area (Å²) in [6.07, 6.45) is 0. The third-order valence-electron chi connectivity index (χ3n) is 9.16. The van der Waals surface area contributed by atoms with E-state index in [1.807, 2.05) is 0 Å². The topological polar surface area (TPSA) is 46.5 Å². The fourth-order valence-corrected chi connectivity index (χ4v) is 8.28. The molecule has 49 heavy (non-hydrogen) atoms. The summed E-state index contributed by atoms with van der Waals surface area (Å²) in [7, 11) is 0. The van der Waals surface area contributed by atoms with Gasteiger partial charge in [0.15, 0.2) is 0 Å². The third-order valence-corrected chi connectivity index (χ3v) is 11.0. The monoisotopic (exact) mass is 696 g/mol. The standard InChI is InChI=1S/2C22H30NO.Ti/c2*1-21(2,3)18-12-17(20(24)19(13-18)22(4,5)6)15-23-14-16-10-8-7-9-11-16;/h2*7-13,24H,14-15H2,1-6H3;/q2*-1;+4. The second-order valence-corrected chi connectivity index (χ2v) is 20.1. The zero-order chi connectivity index (χ0) is 36.4. The molecular formula is C44H60N2O2Ti+2. The number of rotatable bonds is 8. The third kappa shape index (κ3) is 10.4. The van der Waals surface area contributed by atoms with E-state index in [0.29, 0.717) is 24.6 Å². The maximum absolute atomic E-state index is 11.8. The number of hydrogen-bond acceptors (Lipinski definition) is 2. The summed E-state index contributed by atoms with van der Waals surface area (Å²) in [6.45, 7) is 29.4. The van der Waals surface area contributed by atoms with E-state index in [9.17, 15) is 10.2 Å². The summed E-state index contributed by atoms with van der Waals surface area (Å²) in [5, 5.41) is 23.6. The van der Waals surface area contributed by atoms with Crippen molar-refractivity contribution in [1.29, 1.82) is 0 Å². The van der Waals surface area contributed by atoms with E-state index in [2.05, 4.69) is 174 Å². The molecule has 4 aromatic carbocycles. The number of aromatic hydroxyl groups is 2. The van der Waals surface area contributed by atoms with Gasteiger partial charge < -0.3 is 0 Å². The fraction of sp³-hybridized carbons (Fsp3) is 0.455. The zero-order valence-electron chi connectivity index (χ0n) is 32.2. The van der Waals surface area contributed by atoms with Crippen molar-refractivity contribution in [3.63, 3.8) is 0 Å². The Morgan fingerprint density at radius 2 is 0.776 bits per heavy atom. The van der Waals surface area contributed by atoms with Crippen LogP contribution in [-0.4, -0.2) is 16.2 Å². The molecule has 0 aromatic heterocycles. The van der Waals surface area contributed by atoms with Crippen LogP contribution < -0.4 is 0 Å². The Bertz CT molecular complexity index is 1690. The molecule has 260 valence electrons. The second kappa shape index (κ2) is 15.0. The Morgan fingerprint density at radius 3 is 1.06 bits per heavy atom. The van der Waals surface area contributed by atoms with Gasteiger partial charge in [-0.3, -0.25) is 0 Å². The number of phenols is 2. The van der Waals surface area contributed by atoms with Crippen molar-refractivity contribution in [2.75, 3.05) is 0 Å². The van der Waals surface area contributed by atoms with Crippen LogP contribution >= 0.6 is 0 Å². The minimum atomic E-state index is -0.935. The molecule has 4 aromatic rings. The SMILES string of the molecule is CC(C)(C)c1cc(C[N+](Cc2ccccc2)=[Ti]=[N+](Cc2ccccc2)Cc2cc(C(C)(C)C)cc(C(C)(C)C)c2O)c(O)c(C(C)(C)C)c1. The summed E-state index contributed by atoms with van der Waals surface area (Å²) in [5.74, 6) is 0.815. The van der Waals surface area contributed by atoms with Gasteiger partial charge in [0.1, 0.15) is 0 Å². The van der Waals surface area contributed by atoms with E-state index in [-0.39, 0.29) is 21.7 Å². The number of benzene rings is 4. The predicted octanol–water partition coefficient (Wildman–Crippen LogP) is 10.9. The van der Waals surface area contributed by atoms with Crippen LogP contribution in [0.4, 0.5) is 0 Å². The summed E-state index contributed by atoms with van der Waals surface area (Å²) < 4.78 is 5.11. The fourth-order valence-electron chi connectivity index (χ4n) is 6.11. The van der Waals surface area contributed by atoms with Crippen molar-refractivity contribution in [2.24, 2.45) is 0 Å². The van der Waals surface area contributed by atoms with Crippen molar-refractivity contribution in [2.45, 2.75) is 131 Å². The molecular weight excluding hydrogens is 636 g/mol. The first-order valence-electron chi connectivity index (χ1n) is 17.7. The normalized spacial score (nSPS) is 12.5. The van der Waals surface area contributed by atoms with Gasteiger partial charge in [0.05, 0.1) is 0 Å². The van der Waals surface area contributed by atoms with Crippen molar-refractivity contribution in [1.82, 2.24) is 0 Å². The van der Waals surface area contributed by atoms with E-state index in [1.165, 1.54) is 22.3 Å². The average Bonchev–Trinajstić information content (AvgIpc) is 2.97. The van der Waals surface area contributed by atoms with E-state index in [0.717, 1.165) is 35.3 Å². The molecule has 0 aliphatic heterocycles. The Morgan fingerprint density at radius 1 is 0.449 bits per heavy atom. The molecule has 0 fully saturated rings. The Hall–Kier alpha value is -3.21. The van der Waals surface area contributed by atoms with Crippen LogP contribution in [0.1, 0.15) is 128 Å². The Labute approximate surface area is 305 Å². The molecule has 2 N–H and O–H groups in total. The van der Waals surface area contributed by atoms with Crippen LogP contribution in [-0.2, 0) is 66.6 Å². The molecule has 0 unspecified atom stereocenters. The van der Waals surface area contributed by atoms with Crippen molar-refractivity contribution in [3.8, 4) is 11.5 Å². The molecule has 0 atom stereocenters. The number of phenolic OH excluding ortho intramolecular Hbond substituents is 2. The van der Waals surface area contributed by atoms with Crippen LogP contribution in [0.5, 0.6) is 11.5 Å². The van der Waals surface area contributed by atoms with Gasteiger partial charge in [-0.05, 0) is 0 Å². The molecule has 4 nitrogen and oxygen atoms in total. The van der Waals surface area contributed by atoms with Gasteiger partial charge in [-0.1, -0.05) is 0 Å². The molecule has 5 heteroatoms. The van der Waals surface area contributed by atoms with Crippen molar-refractivity contribution < 1.29 is 35.0 Å². The summed E-state index contributed by atoms with van der Waals surface area (Å²) in [5.41, 5.74) is 8.43. The first-order chi connectivity index (χ1) is 22.6. The molecule has 0 radical (unpaired) electrons. The number of hydrogen-bond donors (Lipinski definition) is 2. The Kier molecular flexibility index (Phi) is 11.8. The van der Waals surface area contributed by atoms with Crippen LogP contribution in [0.15, 0.2) is 84.9 Å². The quantitative estimate of drug-likeness (QED) is 0.180. The number of nitrogens with zero attached hydrogens (tertiary/aromatic N) is 2. The summed E-state index contributed by atoms with van der Waals surface area (Å²) in [4.78, 5) is 0. The maximum atomic E-state index is 11.8. The minimum absolute atomic E-state index is 0.0529. The molecule has 0 bridgehead atoms. The second-order valence-electron chi connectivity index (χ2n) is 17.8. The van der Waals surface area contributed by atoms with Gasteiger partial charge in [0.25, 0.3) is 0 Å². The van der Waals surface area contributed by atoms with E-state index >= 15 is 0 Å². The molecule has 4 rings (SSSR count).